The second-order valence-electron chi connectivity index (χ2n) is 5.67. The van der Waals surface area contributed by atoms with Gasteiger partial charge in [-0.3, -0.25) is 14.9 Å². The zero-order valence-electron chi connectivity index (χ0n) is 15.4. The average molecular weight is 404 g/mol. The van der Waals surface area contributed by atoms with E-state index in [1.54, 1.807) is 19.9 Å². The molecule has 10 heteroatoms. The Labute approximate surface area is 162 Å². The molecule has 0 fully saturated rings. The van der Waals surface area contributed by atoms with Gasteiger partial charge in [-0.05, 0) is 18.2 Å². The summed E-state index contributed by atoms with van der Waals surface area (Å²) >= 11 is 0. The number of carbonyl (C=O) groups is 1. The molecule has 1 N–H and O–H groups in total. The molecule has 0 atom stereocenters. The van der Waals surface area contributed by atoms with Crippen molar-refractivity contribution in [2.45, 2.75) is 18.7 Å². The van der Waals surface area contributed by atoms with Crippen LogP contribution in [0, 0.1) is 10.1 Å². The summed E-state index contributed by atoms with van der Waals surface area (Å²) < 4.78 is 26.4. The minimum absolute atomic E-state index is 0.0199. The standard InChI is InChI=1S/C18H20N4O5S/c1-3-21(4-2)28(26,27)17-10-6-8-15(12-17)18(23)20-19-13-14-7-5-9-16(11-14)22(24)25/h5-13H,3-4H2,1-2H3,(H,20,23)/b19-13+. The molecule has 0 radical (unpaired) electrons. The highest BCUT2D eigenvalue weighted by Gasteiger charge is 2.22. The summed E-state index contributed by atoms with van der Waals surface area (Å²) in [6.45, 7) is 4.12. The molecule has 2 rings (SSSR count). The predicted molar refractivity (Wildman–Crippen MR) is 105 cm³/mol. The Bertz CT molecular complexity index is 1000. The highest BCUT2D eigenvalue weighted by molar-refractivity contribution is 7.89. The molecule has 0 unspecified atom stereocenters. The number of non-ortho nitro benzene ring substituents is 1. The molecule has 0 aromatic heterocycles. The van der Waals surface area contributed by atoms with Gasteiger partial charge in [0.2, 0.25) is 10.0 Å². The number of amides is 1. The first-order valence-electron chi connectivity index (χ1n) is 8.47. The van der Waals surface area contributed by atoms with Crippen molar-refractivity contribution in [3.8, 4) is 0 Å². The molecule has 0 spiro atoms. The third-order valence-corrected chi connectivity index (χ3v) is 5.95. The van der Waals surface area contributed by atoms with Gasteiger partial charge in [-0.25, -0.2) is 13.8 Å². The zero-order chi connectivity index (χ0) is 20.7. The van der Waals surface area contributed by atoms with Crippen LogP contribution in [0.5, 0.6) is 0 Å². The van der Waals surface area contributed by atoms with Gasteiger partial charge in [-0.15, -0.1) is 0 Å². The van der Waals surface area contributed by atoms with E-state index in [9.17, 15) is 23.3 Å². The van der Waals surface area contributed by atoms with Crippen LogP contribution >= 0.6 is 0 Å². The van der Waals surface area contributed by atoms with Crippen LogP contribution in [0.15, 0.2) is 58.5 Å². The lowest BCUT2D eigenvalue weighted by Crippen LogP contribution is -2.30. The van der Waals surface area contributed by atoms with Gasteiger partial charge in [0.15, 0.2) is 0 Å². The monoisotopic (exact) mass is 404 g/mol. The average Bonchev–Trinajstić information content (AvgIpc) is 2.69. The molecule has 0 heterocycles. The van der Waals surface area contributed by atoms with E-state index in [1.807, 2.05) is 0 Å². The lowest BCUT2D eigenvalue weighted by Gasteiger charge is -2.18. The molecule has 1 amide bonds. The fourth-order valence-corrected chi connectivity index (χ4v) is 3.96. The van der Waals surface area contributed by atoms with Gasteiger partial charge in [0.1, 0.15) is 0 Å². The molecule has 0 aliphatic heterocycles. The molecule has 0 saturated heterocycles. The molecular formula is C18H20N4O5S. The summed E-state index contributed by atoms with van der Waals surface area (Å²) in [7, 11) is -3.68. The van der Waals surface area contributed by atoms with E-state index in [2.05, 4.69) is 10.5 Å². The van der Waals surface area contributed by atoms with Crippen LogP contribution in [0.1, 0.15) is 29.8 Å². The fourth-order valence-electron chi connectivity index (χ4n) is 2.46. The van der Waals surface area contributed by atoms with Gasteiger partial charge in [0.05, 0.1) is 16.0 Å². The minimum Gasteiger partial charge on any atom is -0.267 e. The highest BCUT2D eigenvalue weighted by atomic mass is 32.2. The van der Waals surface area contributed by atoms with Crippen molar-refractivity contribution in [3.63, 3.8) is 0 Å². The van der Waals surface area contributed by atoms with Crippen LogP contribution in [0.25, 0.3) is 0 Å². The minimum atomic E-state index is -3.68. The summed E-state index contributed by atoms with van der Waals surface area (Å²) in [6, 6.07) is 11.4. The zero-order valence-corrected chi connectivity index (χ0v) is 16.2. The number of rotatable bonds is 8. The van der Waals surface area contributed by atoms with Gasteiger partial charge in [0.25, 0.3) is 11.6 Å². The summed E-state index contributed by atoms with van der Waals surface area (Å²) in [6.07, 6.45) is 1.27. The largest absolute Gasteiger partial charge is 0.271 e. The number of nitro benzene ring substituents is 1. The Balaban J connectivity index is 2.15. The van der Waals surface area contributed by atoms with E-state index in [0.717, 1.165) is 0 Å². The number of nitrogens with one attached hydrogen (secondary N) is 1. The van der Waals surface area contributed by atoms with Gasteiger partial charge >= 0.3 is 0 Å². The van der Waals surface area contributed by atoms with Crippen molar-refractivity contribution in [3.05, 3.63) is 69.8 Å². The maximum atomic E-state index is 12.6. The lowest BCUT2D eigenvalue weighted by molar-refractivity contribution is -0.384. The number of hydrogen-bond donors (Lipinski definition) is 1. The molecule has 0 aliphatic carbocycles. The Morgan fingerprint density at radius 3 is 2.50 bits per heavy atom. The smallest absolute Gasteiger partial charge is 0.267 e. The second kappa shape index (κ2) is 9.20. The van der Waals surface area contributed by atoms with Crippen LogP contribution in [0.3, 0.4) is 0 Å². The van der Waals surface area contributed by atoms with Crippen LogP contribution in [0.2, 0.25) is 0 Å². The Morgan fingerprint density at radius 1 is 1.18 bits per heavy atom. The quantitative estimate of drug-likeness (QED) is 0.411. The van der Waals surface area contributed by atoms with Gasteiger partial charge in [-0.2, -0.15) is 9.41 Å². The SMILES string of the molecule is CCN(CC)S(=O)(=O)c1cccc(C(=O)N/N=C/c2cccc([N+](=O)[O-])c2)c1. The normalized spacial score (nSPS) is 11.7. The topological polar surface area (TPSA) is 122 Å². The number of benzene rings is 2. The van der Waals surface area contributed by atoms with Crippen molar-refractivity contribution in [1.29, 1.82) is 0 Å². The Kier molecular flexibility index (Phi) is 6.96. The first-order chi connectivity index (χ1) is 13.3. The number of hydrogen-bond acceptors (Lipinski definition) is 6. The number of nitro groups is 1. The van der Waals surface area contributed by atoms with Crippen LogP contribution in [-0.4, -0.2) is 42.9 Å². The van der Waals surface area contributed by atoms with Crippen molar-refractivity contribution >= 4 is 27.8 Å². The van der Waals surface area contributed by atoms with E-state index in [1.165, 1.54) is 53.0 Å². The summed E-state index contributed by atoms with van der Waals surface area (Å²) in [5.74, 6) is -0.599. The Hall–Kier alpha value is -3.11. The molecule has 28 heavy (non-hydrogen) atoms. The molecular weight excluding hydrogens is 384 g/mol. The number of sulfonamides is 1. The molecule has 2 aromatic carbocycles. The Morgan fingerprint density at radius 2 is 1.86 bits per heavy atom. The maximum absolute atomic E-state index is 12.6. The van der Waals surface area contributed by atoms with E-state index in [-0.39, 0.29) is 16.1 Å². The molecule has 2 aromatic rings. The third kappa shape index (κ3) is 4.99. The first-order valence-corrected chi connectivity index (χ1v) is 9.91. The van der Waals surface area contributed by atoms with Gasteiger partial charge in [0, 0.05) is 36.3 Å². The van der Waals surface area contributed by atoms with Crippen molar-refractivity contribution in [1.82, 2.24) is 9.73 Å². The molecule has 0 saturated carbocycles. The third-order valence-electron chi connectivity index (χ3n) is 3.90. The van der Waals surface area contributed by atoms with Gasteiger partial charge < -0.3 is 0 Å². The van der Waals surface area contributed by atoms with E-state index < -0.39 is 20.9 Å². The fraction of sp³-hybridized carbons (Fsp3) is 0.222. The maximum Gasteiger partial charge on any atom is 0.271 e. The van der Waals surface area contributed by atoms with E-state index in [0.29, 0.717) is 18.7 Å². The van der Waals surface area contributed by atoms with Crippen LogP contribution in [-0.2, 0) is 10.0 Å². The number of carbonyl (C=O) groups excluding carboxylic acids is 1. The summed E-state index contributed by atoms with van der Waals surface area (Å²) in [4.78, 5) is 22.5. The van der Waals surface area contributed by atoms with Crippen molar-refractivity contribution < 1.29 is 18.1 Å². The van der Waals surface area contributed by atoms with Crippen molar-refractivity contribution in [2.75, 3.05) is 13.1 Å². The van der Waals surface area contributed by atoms with E-state index >= 15 is 0 Å². The van der Waals surface area contributed by atoms with Crippen LogP contribution in [0.4, 0.5) is 5.69 Å². The van der Waals surface area contributed by atoms with E-state index in [4.69, 9.17) is 0 Å². The lowest BCUT2D eigenvalue weighted by atomic mass is 10.2. The molecule has 0 bridgehead atoms. The predicted octanol–water partition coefficient (Wildman–Crippen LogP) is 2.39. The molecule has 148 valence electrons. The summed E-state index contributed by atoms with van der Waals surface area (Å²) in [5.41, 5.74) is 2.76. The first kappa shape index (κ1) is 21.2. The van der Waals surface area contributed by atoms with Crippen molar-refractivity contribution in [2.24, 2.45) is 5.10 Å². The number of hydrazone groups is 1. The molecule has 9 nitrogen and oxygen atoms in total. The molecule has 0 aliphatic rings. The highest BCUT2D eigenvalue weighted by Crippen LogP contribution is 2.17. The van der Waals surface area contributed by atoms with Gasteiger partial charge in [-0.1, -0.05) is 32.0 Å². The van der Waals surface area contributed by atoms with Crippen LogP contribution < -0.4 is 5.43 Å². The summed E-state index contributed by atoms with van der Waals surface area (Å²) in [5, 5.41) is 14.5. The second-order valence-corrected chi connectivity index (χ2v) is 7.61. The number of nitrogens with zero attached hydrogens (tertiary/aromatic N) is 3.